The van der Waals surface area contributed by atoms with Crippen molar-refractivity contribution in [3.8, 4) is 5.75 Å². The number of rotatable bonds is 4. The van der Waals surface area contributed by atoms with Gasteiger partial charge in [-0.15, -0.1) is 0 Å². The fraction of sp³-hybridized carbons (Fsp3) is 0.412. The second kappa shape index (κ2) is 6.75. The number of methoxy groups -OCH3 is 1. The van der Waals surface area contributed by atoms with Gasteiger partial charge in [-0.3, -0.25) is 0 Å². The second-order valence-electron chi connectivity index (χ2n) is 5.77. The van der Waals surface area contributed by atoms with Crippen molar-refractivity contribution in [2.24, 2.45) is 0 Å². The number of ether oxygens (including phenoxy) is 1. The van der Waals surface area contributed by atoms with Crippen LogP contribution in [0.3, 0.4) is 0 Å². The van der Waals surface area contributed by atoms with E-state index in [0.29, 0.717) is 0 Å². The summed E-state index contributed by atoms with van der Waals surface area (Å²) >= 11 is 0. The number of nitrogens with zero attached hydrogens (tertiary/aromatic N) is 3. The summed E-state index contributed by atoms with van der Waals surface area (Å²) in [5.74, 6) is 1.81. The van der Waals surface area contributed by atoms with Gasteiger partial charge in [0.05, 0.1) is 33.3 Å². The smallest absolute Gasteiger partial charge is 0.225 e. The van der Waals surface area contributed by atoms with Gasteiger partial charge in [-0.2, -0.15) is 0 Å². The lowest BCUT2D eigenvalue weighted by Gasteiger charge is -2.32. The summed E-state index contributed by atoms with van der Waals surface area (Å²) in [5.41, 5.74) is 2.58. The third kappa shape index (κ3) is 3.36. The van der Waals surface area contributed by atoms with Gasteiger partial charge < -0.3 is 14.5 Å². The Morgan fingerprint density at radius 2 is 1.91 bits per heavy atom. The van der Waals surface area contributed by atoms with Crippen LogP contribution in [-0.2, 0) is 6.54 Å². The van der Waals surface area contributed by atoms with Crippen molar-refractivity contribution in [3.63, 3.8) is 0 Å². The lowest BCUT2D eigenvalue weighted by atomic mass is 10.1. The van der Waals surface area contributed by atoms with Crippen molar-refractivity contribution in [1.82, 2.24) is 9.97 Å². The maximum atomic E-state index is 5.33. The van der Waals surface area contributed by atoms with E-state index >= 15 is 0 Å². The fourth-order valence-corrected chi connectivity index (χ4v) is 2.99. The maximum Gasteiger partial charge on any atom is 0.225 e. The van der Waals surface area contributed by atoms with Crippen molar-refractivity contribution >= 4 is 5.95 Å². The Kier molecular flexibility index (Phi) is 4.53. The van der Waals surface area contributed by atoms with Crippen LogP contribution in [0.25, 0.3) is 0 Å². The van der Waals surface area contributed by atoms with Gasteiger partial charge in [0.15, 0.2) is 0 Å². The monoisotopic (exact) mass is 299 g/mol. The number of hydrogen-bond acceptors (Lipinski definition) is 4. The van der Waals surface area contributed by atoms with Crippen LogP contribution in [0.15, 0.2) is 36.7 Å². The molecule has 0 spiro atoms. The minimum atomic E-state index is 0.849. The minimum Gasteiger partial charge on any atom is -0.496 e. The number of nitrogens with one attached hydrogen (secondary N) is 1. The quantitative estimate of drug-likeness (QED) is 0.902. The first kappa shape index (κ1) is 14.8. The zero-order chi connectivity index (χ0) is 15.4. The minimum absolute atomic E-state index is 0.849. The molecule has 0 amide bonds. The highest BCUT2D eigenvalue weighted by Gasteiger charge is 2.21. The van der Waals surface area contributed by atoms with Crippen LogP contribution in [-0.4, -0.2) is 43.3 Å². The van der Waals surface area contributed by atoms with E-state index in [1.54, 1.807) is 12.0 Å². The molecule has 1 saturated heterocycles. The molecule has 3 rings (SSSR count). The van der Waals surface area contributed by atoms with Crippen molar-refractivity contribution < 1.29 is 9.64 Å². The molecule has 1 fully saturated rings. The predicted octanol–water partition coefficient (Wildman–Crippen LogP) is 0.699. The third-order valence-corrected chi connectivity index (χ3v) is 4.22. The Balaban J connectivity index is 1.57. The first-order valence-corrected chi connectivity index (χ1v) is 7.75. The molecule has 1 aliphatic heterocycles. The largest absolute Gasteiger partial charge is 0.496 e. The number of benzene rings is 1. The van der Waals surface area contributed by atoms with E-state index in [2.05, 4.69) is 40.0 Å². The highest BCUT2D eigenvalue weighted by atomic mass is 16.5. The van der Waals surface area contributed by atoms with E-state index in [4.69, 9.17) is 4.74 Å². The molecule has 22 heavy (non-hydrogen) atoms. The second-order valence-corrected chi connectivity index (χ2v) is 5.77. The average Bonchev–Trinajstić information content (AvgIpc) is 2.57. The molecule has 2 aromatic rings. The van der Waals surface area contributed by atoms with Crippen LogP contribution in [0, 0.1) is 6.92 Å². The van der Waals surface area contributed by atoms with Gasteiger partial charge in [-0.25, -0.2) is 9.97 Å². The van der Waals surface area contributed by atoms with E-state index in [-0.39, 0.29) is 0 Å². The normalized spacial score (nSPS) is 15.8. The first-order valence-electron chi connectivity index (χ1n) is 7.75. The van der Waals surface area contributed by atoms with Gasteiger partial charge in [-0.05, 0) is 36.8 Å². The highest BCUT2D eigenvalue weighted by molar-refractivity contribution is 5.35. The van der Waals surface area contributed by atoms with Gasteiger partial charge >= 0.3 is 0 Å². The molecule has 1 N–H and O–H groups in total. The van der Waals surface area contributed by atoms with Crippen LogP contribution < -0.4 is 14.5 Å². The van der Waals surface area contributed by atoms with Crippen LogP contribution in [0.2, 0.25) is 0 Å². The van der Waals surface area contributed by atoms with Crippen LogP contribution >= 0.6 is 0 Å². The highest BCUT2D eigenvalue weighted by Crippen LogP contribution is 2.18. The van der Waals surface area contributed by atoms with Crippen molar-refractivity contribution in [3.05, 3.63) is 47.8 Å². The number of quaternary nitrogens is 1. The molecule has 0 aliphatic carbocycles. The van der Waals surface area contributed by atoms with E-state index in [0.717, 1.165) is 44.4 Å². The van der Waals surface area contributed by atoms with E-state index in [1.807, 2.05) is 18.5 Å². The number of aromatic nitrogens is 2. The summed E-state index contributed by atoms with van der Waals surface area (Å²) in [6.45, 7) is 7.41. The maximum absolute atomic E-state index is 5.33. The molecule has 0 radical (unpaired) electrons. The summed E-state index contributed by atoms with van der Waals surface area (Å²) in [7, 11) is 1.72. The third-order valence-electron chi connectivity index (χ3n) is 4.22. The molecule has 0 bridgehead atoms. The molecule has 5 nitrogen and oxygen atoms in total. The van der Waals surface area contributed by atoms with E-state index in [9.17, 15) is 0 Å². The van der Waals surface area contributed by atoms with Gasteiger partial charge in [0, 0.05) is 18.0 Å². The van der Waals surface area contributed by atoms with E-state index in [1.165, 1.54) is 11.1 Å². The van der Waals surface area contributed by atoms with Gasteiger partial charge in [0.1, 0.15) is 12.3 Å². The summed E-state index contributed by atoms with van der Waals surface area (Å²) < 4.78 is 5.33. The molecular formula is C17H23N4O+. The molecule has 0 unspecified atom stereocenters. The Morgan fingerprint density at radius 1 is 1.18 bits per heavy atom. The summed E-state index contributed by atoms with van der Waals surface area (Å²) in [6.07, 6.45) is 3.61. The lowest BCUT2D eigenvalue weighted by Crippen LogP contribution is -3.13. The summed E-state index contributed by atoms with van der Waals surface area (Å²) in [6, 6.07) is 8.33. The van der Waals surface area contributed by atoms with Gasteiger partial charge in [0.25, 0.3) is 0 Å². The number of piperazine rings is 1. The molecule has 0 atom stereocenters. The van der Waals surface area contributed by atoms with Gasteiger partial charge in [-0.1, -0.05) is 0 Å². The molecule has 1 aromatic carbocycles. The molecule has 1 aromatic heterocycles. The topological polar surface area (TPSA) is 42.7 Å². The first-order chi connectivity index (χ1) is 10.8. The predicted molar refractivity (Wildman–Crippen MR) is 86.4 cm³/mol. The number of hydrogen-bond donors (Lipinski definition) is 1. The molecule has 5 heteroatoms. The Hall–Kier alpha value is -2.14. The standard InChI is InChI=1S/C17H22N4O/c1-14-12-15(4-5-16(14)22-2)13-20-8-10-21(11-9-20)17-18-6-3-7-19-17/h3-7,12H,8-11,13H2,1-2H3/p+1. The molecule has 1 aliphatic rings. The number of aryl methyl sites for hydroxylation is 1. The van der Waals surface area contributed by atoms with Crippen molar-refractivity contribution in [2.75, 3.05) is 38.2 Å². The zero-order valence-electron chi connectivity index (χ0n) is 13.2. The zero-order valence-corrected chi connectivity index (χ0v) is 13.2. The fourth-order valence-electron chi connectivity index (χ4n) is 2.99. The summed E-state index contributed by atoms with van der Waals surface area (Å²) in [5, 5.41) is 0. The van der Waals surface area contributed by atoms with Crippen LogP contribution in [0.5, 0.6) is 5.75 Å². The van der Waals surface area contributed by atoms with Crippen molar-refractivity contribution in [1.29, 1.82) is 0 Å². The molecule has 0 saturated carbocycles. The summed E-state index contributed by atoms with van der Waals surface area (Å²) in [4.78, 5) is 12.5. The Labute approximate surface area is 131 Å². The van der Waals surface area contributed by atoms with Crippen molar-refractivity contribution in [2.45, 2.75) is 13.5 Å². The Bertz CT molecular complexity index is 609. The number of anilines is 1. The SMILES string of the molecule is COc1ccc(C[NH+]2CCN(c3ncccn3)CC2)cc1C. The van der Waals surface area contributed by atoms with Gasteiger partial charge in [0.2, 0.25) is 5.95 Å². The molecular weight excluding hydrogens is 276 g/mol. The average molecular weight is 299 g/mol. The van der Waals surface area contributed by atoms with Crippen LogP contribution in [0.4, 0.5) is 5.95 Å². The molecule has 2 heterocycles. The van der Waals surface area contributed by atoms with Crippen LogP contribution in [0.1, 0.15) is 11.1 Å². The molecule has 116 valence electrons. The lowest BCUT2D eigenvalue weighted by molar-refractivity contribution is -0.914. The Morgan fingerprint density at radius 3 is 2.55 bits per heavy atom. The van der Waals surface area contributed by atoms with E-state index < -0.39 is 0 Å².